The zero-order chi connectivity index (χ0) is 26.6. The summed E-state index contributed by atoms with van der Waals surface area (Å²) in [4.78, 5) is 27.8. The number of likely N-dealkylation sites (tertiary alicyclic amines) is 1. The van der Waals surface area contributed by atoms with Gasteiger partial charge in [0.1, 0.15) is 11.5 Å². The fourth-order valence-electron chi connectivity index (χ4n) is 4.29. The number of nitrogens with zero attached hydrogens (tertiary/aromatic N) is 1. The van der Waals surface area contributed by atoms with Gasteiger partial charge in [-0.3, -0.25) is 9.59 Å². The molecular formula is C28H35NO7. The third-order valence-electron chi connectivity index (χ3n) is 6.15. The van der Waals surface area contributed by atoms with Gasteiger partial charge < -0.3 is 29.0 Å². The number of aliphatic hydroxyl groups excluding tert-OH is 1. The van der Waals surface area contributed by atoms with Gasteiger partial charge in [-0.1, -0.05) is 19.9 Å². The first kappa shape index (κ1) is 27.1. The normalized spacial score (nSPS) is 17.1. The van der Waals surface area contributed by atoms with Crippen LogP contribution in [0.4, 0.5) is 0 Å². The number of hydrogen-bond donors (Lipinski definition) is 1. The quantitative estimate of drug-likeness (QED) is 0.295. The second-order valence-electron chi connectivity index (χ2n) is 9.24. The van der Waals surface area contributed by atoms with Gasteiger partial charge in [0.05, 0.1) is 39.0 Å². The second kappa shape index (κ2) is 11.5. The number of carbonyl (C=O) groups is 2. The van der Waals surface area contributed by atoms with Crippen LogP contribution in [0.15, 0.2) is 35.9 Å². The van der Waals surface area contributed by atoms with E-state index in [1.54, 1.807) is 44.6 Å². The van der Waals surface area contributed by atoms with E-state index in [-0.39, 0.29) is 30.4 Å². The predicted octanol–water partition coefficient (Wildman–Crippen LogP) is 4.42. The highest BCUT2D eigenvalue weighted by Crippen LogP contribution is 2.42. The Morgan fingerprint density at radius 3 is 2.28 bits per heavy atom. The first-order chi connectivity index (χ1) is 17.1. The van der Waals surface area contributed by atoms with Crippen molar-refractivity contribution < 1.29 is 33.6 Å². The molecule has 36 heavy (non-hydrogen) atoms. The molecular weight excluding hydrogens is 462 g/mol. The molecule has 1 amide bonds. The first-order valence-electron chi connectivity index (χ1n) is 11.9. The Morgan fingerprint density at radius 1 is 0.972 bits per heavy atom. The zero-order valence-corrected chi connectivity index (χ0v) is 22.0. The molecule has 1 aliphatic rings. The molecule has 1 heterocycles. The van der Waals surface area contributed by atoms with Gasteiger partial charge in [0.25, 0.3) is 11.7 Å². The third kappa shape index (κ3) is 5.33. The molecule has 0 aliphatic carbocycles. The molecule has 2 aromatic carbocycles. The first-order valence-corrected chi connectivity index (χ1v) is 11.9. The highest BCUT2D eigenvalue weighted by atomic mass is 16.5. The molecule has 0 bridgehead atoms. The number of aryl methyl sites for hydroxylation is 2. The maximum absolute atomic E-state index is 13.3. The molecule has 2 aromatic rings. The van der Waals surface area contributed by atoms with E-state index in [0.29, 0.717) is 40.5 Å². The topological polar surface area (TPSA) is 94.5 Å². The van der Waals surface area contributed by atoms with Crippen LogP contribution >= 0.6 is 0 Å². The molecule has 0 radical (unpaired) electrons. The summed E-state index contributed by atoms with van der Waals surface area (Å²) in [5.74, 6) is 0.313. The van der Waals surface area contributed by atoms with Gasteiger partial charge in [-0.25, -0.2) is 0 Å². The molecule has 1 N–H and O–H groups in total. The molecule has 0 saturated carbocycles. The Labute approximate surface area is 212 Å². The van der Waals surface area contributed by atoms with Crippen LogP contribution in [0.2, 0.25) is 0 Å². The number of carbonyl (C=O) groups excluding carboxylic acids is 2. The number of rotatable bonds is 10. The molecule has 1 saturated heterocycles. The predicted molar refractivity (Wildman–Crippen MR) is 137 cm³/mol. The summed E-state index contributed by atoms with van der Waals surface area (Å²) in [7, 11) is 4.66. The van der Waals surface area contributed by atoms with Crippen molar-refractivity contribution in [2.75, 3.05) is 41.1 Å². The number of benzene rings is 2. The Morgan fingerprint density at radius 2 is 1.67 bits per heavy atom. The van der Waals surface area contributed by atoms with E-state index in [0.717, 1.165) is 5.56 Å². The second-order valence-corrected chi connectivity index (χ2v) is 9.24. The third-order valence-corrected chi connectivity index (χ3v) is 6.15. The maximum Gasteiger partial charge on any atom is 0.295 e. The van der Waals surface area contributed by atoms with Crippen LogP contribution in [0, 0.1) is 19.8 Å². The SMILES string of the molecule is COCCN1C(=O)C(=O)/C(=C(/O)c2cc(C)c(OC)cc2C)C1c1ccc(OC)c(OCC(C)C)c1. The molecule has 3 rings (SSSR count). The lowest BCUT2D eigenvalue weighted by molar-refractivity contribution is -0.140. The molecule has 8 heteroatoms. The van der Waals surface area contributed by atoms with E-state index in [1.807, 2.05) is 27.7 Å². The lowest BCUT2D eigenvalue weighted by atomic mass is 9.93. The number of aliphatic hydroxyl groups is 1. The molecule has 1 atom stereocenters. The average molecular weight is 498 g/mol. The van der Waals surface area contributed by atoms with E-state index < -0.39 is 17.7 Å². The van der Waals surface area contributed by atoms with Crippen molar-refractivity contribution in [3.8, 4) is 17.2 Å². The van der Waals surface area contributed by atoms with Crippen molar-refractivity contribution in [1.29, 1.82) is 0 Å². The van der Waals surface area contributed by atoms with Crippen LogP contribution in [0.5, 0.6) is 17.2 Å². The van der Waals surface area contributed by atoms with Gasteiger partial charge in [0.2, 0.25) is 0 Å². The minimum absolute atomic E-state index is 0.0174. The van der Waals surface area contributed by atoms with Gasteiger partial charge in [-0.2, -0.15) is 0 Å². The number of amides is 1. The van der Waals surface area contributed by atoms with Crippen LogP contribution < -0.4 is 14.2 Å². The van der Waals surface area contributed by atoms with E-state index >= 15 is 0 Å². The fourth-order valence-corrected chi connectivity index (χ4v) is 4.29. The van der Waals surface area contributed by atoms with Crippen LogP contribution in [-0.4, -0.2) is 62.8 Å². The highest BCUT2D eigenvalue weighted by molar-refractivity contribution is 6.46. The standard InChI is InChI=1S/C28H35NO7/c1-16(2)15-36-23-14-19(8-9-21(23)34-6)25-24(27(31)28(32)29(25)10-11-33-5)26(30)20-12-18(4)22(35-7)13-17(20)3/h8-9,12-14,16,25,30H,10-11,15H2,1-7H3/b26-24+. The van der Waals surface area contributed by atoms with Gasteiger partial charge in [-0.15, -0.1) is 0 Å². The van der Waals surface area contributed by atoms with E-state index in [2.05, 4.69) is 0 Å². The molecule has 0 spiro atoms. The number of Topliss-reactive ketones (excluding diaryl/α,β-unsaturated/α-hetero) is 1. The molecule has 8 nitrogen and oxygen atoms in total. The van der Waals surface area contributed by atoms with Crippen molar-refractivity contribution in [2.24, 2.45) is 5.92 Å². The van der Waals surface area contributed by atoms with Crippen molar-refractivity contribution >= 4 is 17.4 Å². The monoisotopic (exact) mass is 497 g/mol. The molecule has 1 unspecified atom stereocenters. The average Bonchev–Trinajstić information content (AvgIpc) is 3.11. The Balaban J connectivity index is 2.21. The highest BCUT2D eigenvalue weighted by Gasteiger charge is 2.46. The minimum atomic E-state index is -0.825. The summed E-state index contributed by atoms with van der Waals surface area (Å²) in [6, 6.07) is 8.01. The van der Waals surface area contributed by atoms with E-state index in [1.165, 1.54) is 12.0 Å². The smallest absolute Gasteiger partial charge is 0.295 e. The molecule has 194 valence electrons. The Bertz CT molecular complexity index is 1170. The summed E-state index contributed by atoms with van der Waals surface area (Å²) in [6.45, 7) is 8.62. The van der Waals surface area contributed by atoms with Gasteiger partial charge in [0, 0.05) is 19.2 Å². The molecule has 1 fully saturated rings. The fraction of sp³-hybridized carbons (Fsp3) is 0.429. The maximum atomic E-state index is 13.3. The van der Waals surface area contributed by atoms with Crippen LogP contribution in [0.25, 0.3) is 5.76 Å². The molecule has 0 aromatic heterocycles. The number of ether oxygens (including phenoxy) is 4. The van der Waals surface area contributed by atoms with Crippen LogP contribution in [0.3, 0.4) is 0 Å². The summed E-state index contributed by atoms with van der Waals surface area (Å²) >= 11 is 0. The van der Waals surface area contributed by atoms with E-state index in [9.17, 15) is 14.7 Å². The summed E-state index contributed by atoms with van der Waals surface area (Å²) in [5, 5.41) is 11.5. The van der Waals surface area contributed by atoms with E-state index in [4.69, 9.17) is 18.9 Å². The number of ketones is 1. The number of methoxy groups -OCH3 is 3. The Hall–Kier alpha value is -3.52. The largest absolute Gasteiger partial charge is 0.507 e. The van der Waals surface area contributed by atoms with Crippen molar-refractivity contribution in [3.63, 3.8) is 0 Å². The zero-order valence-electron chi connectivity index (χ0n) is 22.0. The van der Waals surface area contributed by atoms with Crippen molar-refractivity contribution in [1.82, 2.24) is 4.90 Å². The minimum Gasteiger partial charge on any atom is -0.507 e. The van der Waals surface area contributed by atoms with Crippen molar-refractivity contribution in [2.45, 2.75) is 33.7 Å². The van der Waals surface area contributed by atoms with Crippen LogP contribution in [-0.2, 0) is 14.3 Å². The number of hydrogen-bond acceptors (Lipinski definition) is 7. The molecule has 1 aliphatic heterocycles. The summed E-state index contributed by atoms with van der Waals surface area (Å²) < 4.78 is 22.0. The summed E-state index contributed by atoms with van der Waals surface area (Å²) in [6.07, 6.45) is 0. The Kier molecular flexibility index (Phi) is 8.63. The van der Waals surface area contributed by atoms with Crippen molar-refractivity contribution in [3.05, 3.63) is 58.2 Å². The lowest BCUT2D eigenvalue weighted by Crippen LogP contribution is -2.32. The van der Waals surface area contributed by atoms with Gasteiger partial charge >= 0.3 is 0 Å². The van der Waals surface area contributed by atoms with Crippen LogP contribution in [0.1, 0.15) is 42.1 Å². The van der Waals surface area contributed by atoms with Gasteiger partial charge in [-0.05, 0) is 60.7 Å². The van der Waals surface area contributed by atoms with Gasteiger partial charge in [0.15, 0.2) is 11.5 Å². The lowest BCUT2D eigenvalue weighted by Gasteiger charge is -2.26. The summed E-state index contributed by atoms with van der Waals surface area (Å²) in [5.41, 5.74) is 2.61.